The summed E-state index contributed by atoms with van der Waals surface area (Å²) in [4.78, 5) is 24.0. The maximum Gasteiger partial charge on any atom is 0.305 e. The van der Waals surface area contributed by atoms with Gasteiger partial charge in [0.1, 0.15) is 0 Å². The third-order valence-corrected chi connectivity index (χ3v) is 3.15. The molecule has 0 aliphatic heterocycles. The van der Waals surface area contributed by atoms with Crippen molar-refractivity contribution in [3.63, 3.8) is 0 Å². The Balaban J connectivity index is 3.02. The Labute approximate surface area is 113 Å². The van der Waals surface area contributed by atoms with Crippen LogP contribution in [0.25, 0.3) is 0 Å². The molecular formula is C14H20N2O3. The predicted octanol–water partition coefficient (Wildman–Crippen LogP) is 1.78. The van der Waals surface area contributed by atoms with Crippen LogP contribution in [0.5, 0.6) is 0 Å². The van der Waals surface area contributed by atoms with Crippen molar-refractivity contribution in [2.75, 3.05) is 11.4 Å². The number of hydrogen-bond acceptors (Lipinski definition) is 3. The fourth-order valence-electron chi connectivity index (χ4n) is 2.21. The molecular weight excluding hydrogens is 244 g/mol. The zero-order valence-electron chi connectivity index (χ0n) is 11.5. The molecule has 0 heterocycles. The number of nitrogens with two attached hydrogens (primary N) is 1. The molecule has 0 saturated heterocycles. The van der Waals surface area contributed by atoms with E-state index in [0.29, 0.717) is 12.1 Å². The third-order valence-electron chi connectivity index (χ3n) is 3.15. The number of amides is 1. The van der Waals surface area contributed by atoms with E-state index in [0.717, 1.165) is 11.3 Å². The number of carbonyl (C=O) groups excluding carboxylic acids is 1. The second kappa shape index (κ2) is 6.22. The first-order valence-corrected chi connectivity index (χ1v) is 6.25. The van der Waals surface area contributed by atoms with Crippen molar-refractivity contribution in [3.05, 3.63) is 29.3 Å². The zero-order chi connectivity index (χ0) is 14.6. The highest BCUT2D eigenvalue weighted by molar-refractivity contribution is 5.94. The van der Waals surface area contributed by atoms with E-state index >= 15 is 0 Å². The average molecular weight is 264 g/mol. The van der Waals surface area contributed by atoms with Crippen LogP contribution in [-0.4, -0.2) is 29.6 Å². The van der Waals surface area contributed by atoms with Gasteiger partial charge in [0.2, 0.25) is 5.91 Å². The van der Waals surface area contributed by atoms with Gasteiger partial charge in [-0.3, -0.25) is 9.59 Å². The molecule has 1 rings (SSSR count). The van der Waals surface area contributed by atoms with E-state index in [4.69, 9.17) is 10.8 Å². The molecule has 1 unspecified atom stereocenters. The fraction of sp³-hybridized carbons (Fsp3) is 0.429. The number of aryl methyl sites for hydroxylation is 1. The highest BCUT2D eigenvalue weighted by Gasteiger charge is 2.17. The van der Waals surface area contributed by atoms with Gasteiger partial charge < -0.3 is 15.7 Å². The summed E-state index contributed by atoms with van der Waals surface area (Å²) >= 11 is 0. The van der Waals surface area contributed by atoms with Gasteiger partial charge in [-0.2, -0.15) is 0 Å². The molecule has 0 fully saturated rings. The Kier molecular flexibility index (Phi) is 4.92. The second-order valence-corrected chi connectivity index (χ2v) is 4.60. The SMILES string of the molecule is CCN(c1ccc(C(N)=O)c(C)c1)C(C)CC(=O)O. The van der Waals surface area contributed by atoms with Crippen molar-refractivity contribution < 1.29 is 14.7 Å². The molecule has 0 radical (unpaired) electrons. The van der Waals surface area contributed by atoms with E-state index in [1.807, 2.05) is 31.7 Å². The Morgan fingerprint density at radius 1 is 1.42 bits per heavy atom. The minimum absolute atomic E-state index is 0.0739. The summed E-state index contributed by atoms with van der Waals surface area (Å²) in [5.74, 6) is -1.28. The normalized spacial score (nSPS) is 11.9. The maximum absolute atomic E-state index is 11.2. The molecule has 5 heteroatoms. The van der Waals surface area contributed by atoms with E-state index in [2.05, 4.69) is 0 Å². The lowest BCUT2D eigenvalue weighted by Gasteiger charge is -2.29. The van der Waals surface area contributed by atoms with Crippen LogP contribution in [0.4, 0.5) is 5.69 Å². The topological polar surface area (TPSA) is 83.6 Å². The first-order valence-electron chi connectivity index (χ1n) is 6.25. The molecule has 0 spiro atoms. The first-order chi connectivity index (χ1) is 8.86. The van der Waals surface area contributed by atoms with E-state index in [-0.39, 0.29) is 12.5 Å². The number of primary amides is 1. The lowest BCUT2D eigenvalue weighted by molar-refractivity contribution is -0.137. The first kappa shape index (κ1) is 15.0. The monoisotopic (exact) mass is 264 g/mol. The van der Waals surface area contributed by atoms with Crippen molar-refractivity contribution in [1.82, 2.24) is 0 Å². The van der Waals surface area contributed by atoms with Crippen molar-refractivity contribution in [1.29, 1.82) is 0 Å². The average Bonchev–Trinajstić information content (AvgIpc) is 2.28. The van der Waals surface area contributed by atoms with Gasteiger partial charge >= 0.3 is 5.97 Å². The standard InChI is InChI=1S/C14H20N2O3/c1-4-16(10(3)8-13(17)18)11-5-6-12(14(15)19)9(2)7-11/h5-7,10H,4,8H2,1-3H3,(H2,15,19)(H,17,18). The summed E-state index contributed by atoms with van der Waals surface area (Å²) < 4.78 is 0. The van der Waals surface area contributed by atoms with Crippen LogP contribution in [0.2, 0.25) is 0 Å². The van der Waals surface area contributed by atoms with E-state index in [1.165, 1.54) is 0 Å². The van der Waals surface area contributed by atoms with Gasteiger partial charge in [0.05, 0.1) is 6.42 Å². The molecule has 0 saturated carbocycles. The molecule has 0 bridgehead atoms. The number of rotatable bonds is 6. The van der Waals surface area contributed by atoms with Crippen LogP contribution >= 0.6 is 0 Å². The fourth-order valence-corrected chi connectivity index (χ4v) is 2.21. The second-order valence-electron chi connectivity index (χ2n) is 4.60. The van der Waals surface area contributed by atoms with Gasteiger partial charge in [-0.1, -0.05) is 0 Å². The molecule has 0 aliphatic carbocycles. The van der Waals surface area contributed by atoms with E-state index in [1.54, 1.807) is 12.1 Å². The Morgan fingerprint density at radius 2 is 2.05 bits per heavy atom. The number of carboxylic acid groups (broad SMARTS) is 1. The van der Waals surface area contributed by atoms with Gasteiger partial charge in [-0.05, 0) is 44.5 Å². The van der Waals surface area contributed by atoms with Crippen molar-refractivity contribution in [3.8, 4) is 0 Å². The minimum atomic E-state index is -0.823. The van der Waals surface area contributed by atoms with E-state index < -0.39 is 11.9 Å². The number of nitrogens with zero attached hydrogens (tertiary/aromatic N) is 1. The Bertz CT molecular complexity index is 486. The molecule has 1 aromatic rings. The molecule has 3 N–H and O–H groups in total. The summed E-state index contributed by atoms with van der Waals surface area (Å²) in [5, 5.41) is 8.86. The molecule has 1 aromatic carbocycles. The zero-order valence-corrected chi connectivity index (χ0v) is 11.5. The number of hydrogen-bond donors (Lipinski definition) is 2. The summed E-state index contributed by atoms with van der Waals surface area (Å²) in [5.41, 5.74) is 7.46. The lowest BCUT2D eigenvalue weighted by atomic mass is 10.1. The van der Waals surface area contributed by atoms with Crippen LogP contribution in [-0.2, 0) is 4.79 Å². The van der Waals surface area contributed by atoms with Crippen LogP contribution in [0, 0.1) is 6.92 Å². The smallest absolute Gasteiger partial charge is 0.305 e. The highest BCUT2D eigenvalue weighted by atomic mass is 16.4. The van der Waals surface area contributed by atoms with Crippen LogP contribution in [0.15, 0.2) is 18.2 Å². The van der Waals surface area contributed by atoms with Crippen molar-refractivity contribution in [2.45, 2.75) is 33.2 Å². The number of carbonyl (C=O) groups is 2. The molecule has 0 aromatic heterocycles. The van der Waals surface area contributed by atoms with Gasteiger partial charge in [-0.25, -0.2) is 0 Å². The number of anilines is 1. The van der Waals surface area contributed by atoms with Crippen LogP contribution in [0.3, 0.4) is 0 Å². The van der Waals surface area contributed by atoms with Crippen molar-refractivity contribution >= 4 is 17.6 Å². The molecule has 1 atom stereocenters. The Hall–Kier alpha value is -2.04. The molecule has 5 nitrogen and oxygen atoms in total. The summed E-state index contributed by atoms with van der Waals surface area (Å²) in [7, 11) is 0. The molecule has 104 valence electrons. The van der Waals surface area contributed by atoms with Gasteiger partial charge in [0.15, 0.2) is 0 Å². The van der Waals surface area contributed by atoms with E-state index in [9.17, 15) is 9.59 Å². The summed E-state index contributed by atoms with van der Waals surface area (Å²) in [6, 6.07) is 5.24. The third kappa shape index (κ3) is 3.71. The van der Waals surface area contributed by atoms with Gasteiger partial charge in [-0.15, -0.1) is 0 Å². The number of carboxylic acids is 1. The molecule has 19 heavy (non-hydrogen) atoms. The summed E-state index contributed by atoms with van der Waals surface area (Å²) in [6.07, 6.45) is 0.0739. The van der Waals surface area contributed by atoms with Crippen LogP contribution in [0.1, 0.15) is 36.2 Å². The van der Waals surface area contributed by atoms with Crippen LogP contribution < -0.4 is 10.6 Å². The Morgan fingerprint density at radius 3 is 2.47 bits per heavy atom. The highest BCUT2D eigenvalue weighted by Crippen LogP contribution is 2.22. The molecule has 0 aliphatic rings. The van der Waals surface area contributed by atoms with Crippen molar-refractivity contribution in [2.24, 2.45) is 5.73 Å². The number of benzene rings is 1. The van der Waals surface area contributed by atoms with Gasteiger partial charge in [0, 0.05) is 23.8 Å². The predicted molar refractivity (Wildman–Crippen MR) is 74.4 cm³/mol. The van der Waals surface area contributed by atoms with Gasteiger partial charge in [0.25, 0.3) is 0 Å². The summed E-state index contributed by atoms with van der Waals surface area (Å²) in [6.45, 7) is 6.35. The maximum atomic E-state index is 11.2. The lowest BCUT2D eigenvalue weighted by Crippen LogP contribution is -2.34. The largest absolute Gasteiger partial charge is 0.481 e. The minimum Gasteiger partial charge on any atom is -0.481 e. The number of aliphatic carboxylic acids is 1. The quantitative estimate of drug-likeness (QED) is 0.820. The molecule has 1 amide bonds.